The number of fused-ring (bicyclic) bond motifs is 1. The SMILES string of the molecule is C[C@@H]1C(=O)N2CCC[C@@H]2CN1C(=O)CCCCc1cccnc1. The largest absolute Gasteiger partial charge is 0.336 e. The van der Waals surface area contributed by atoms with Crippen LogP contribution in [-0.2, 0) is 16.0 Å². The molecule has 1 aromatic rings. The van der Waals surface area contributed by atoms with Gasteiger partial charge in [-0.25, -0.2) is 0 Å². The Morgan fingerprint density at radius 1 is 1.39 bits per heavy atom. The van der Waals surface area contributed by atoms with Crippen molar-refractivity contribution in [1.82, 2.24) is 14.8 Å². The number of hydrogen-bond acceptors (Lipinski definition) is 3. The topological polar surface area (TPSA) is 53.5 Å². The molecular weight excluding hydrogens is 290 g/mol. The smallest absolute Gasteiger partial charge is 0.245 e. The van der Waals surface area contributed by atoms with Gasteiger partial charge in [-0.15, -0.1) is 0 Å². The molecule has 2 amide bonds. The molecule has 0 saturated carbocycles. The summed E-state index contributed by atoms with van der Waals surface area (Å²) in [6, 6.07) is 3.96. The second kappa shape index (κ2) is 7.11. The monoisotopic (exact) mass is 315 g/mol. The molecule has 2 saturated heterocycles. The molecule has 124 valence electrons. The Kier molecular flexibility index (Phi) is 4.94. The first kappa shape index (κ1) is 16.0. The first-order valence-electron chi connectivity index (χ1n) is 8.65. The minimum absolute atomic E-state index is 0.127. The predicted octanol–water partition coefficient (Wildman–Crippen LogP) is 2.02. The van der Waals surface area contributed by atoms with Crippen molar-refractivity contribution in [3.8, 4) is 0 Å². The molecule has 0 bridgehead atoms. The Bertz CT molecular complexity index is 561. The van der Waals surface area contributed by atoms with Crippen LogP contribution in [0.3, 0.4) is 0 Å². The van der Waals surface area contributed by atoms with Crippen LogP contribution in [0.25, 0.3) is 0 Å². The number of hydrogen-bond donors (Lipinski definition) is 0. The van der Waals surface area contributed by atoms with Gasteiger partial charge in [0.2, 0.25) is 11.8 Å². The van der Waals surface area contributed by atoms with Crippen LogP contribution in [0.15, 0.2) is 24.5 Å². The number of pyridine rings is 1. The molecule has 0 aromatic carbocycles. The fraction of sp³-hybridized carbons (Fsp3) is 0.611. The minimum Gasteiger partial charge on any atom is -0.336 e. The van der Waals surface area contributed by atoms with Crippen molar-refractivity contribution < 1.29 is 9.59 Å². The lowest BCUT2D eigenvalue weighted by molar-refractivity contribution is -0.152. The van der Waals surface area contributed by atoms with E-state index in [1.165, 1.54) is 5.56 Å². The van der Waals surface area contributed by atoms with Crippen LogP contribution in [0.5, 0.6) is 0 Å². The van der Waals surface area contributed by atoms with Gasteiger partial charge in [0.15, 0.2) is 0 Å². The zero-order chi connectivity index (χ0) is 16.2. The van der Waals surface area contributed by atoms with Gasteiger partial charge < -0.3 is 9.80 Å². The van der Waals surface area contributed by atoms with Crippen LogP contribution >= 0.6 is 0 Å². The van der Waals surface area contributed by atoms with Gasteiger partial charge >= 0.3 is 0 Å². The van der Waals surface area contributed by atoms with Crippen molar-refractivity contribution in [3.63, 3.8) is 0 Å². The maximum Gasteiger partial charge on any atom is 0.245 e. The lowest BCUT2D eigenvalue weighted by atomic mass is 10.0. The fourth-order valence-electron chi connectivity index (χ4n) is 3.69. The summed E-state index contributed by atoms with van der Waals surface area (Å²) >= 11 is 0. The molecule has 3 rings (SSSR count). The van der Waals surface area contributed by atoms with E-state index < -0.39 is 0 Å². The third-order valence-electron chi connectivity index (χ3n) is 5.04. The average molecular weight is 315 g/mol. The molecule has 5 heteroatoms. The highest BCUT2D eigenvalue weighted by atomic mass is 16.2. The summed E-state index contributed by atoms with van der Waals surface area (Å²) in [6.07, 6.45) is 9.06. The Morgan fingerprint density at radius 2 is 2.26 bits per heavy atom. The molecule has 0 aliphatic carbocycles. The summed E-state index contributed by atoms with van der Waals surface area (Å²) in [7, 11) is 0. The molecule has 1 aromatic heterocycles. The fourth-order valence-corrected chi connectivity index (χ4v) is 3.69. The van der Waals surface area contributed by atoms with Crippen molar-refractivity contribution >= 4 is 11.8 Å². The van der Waals surface area contributed by atoms with Crippen LogP contribution in [-0.4, -0.2) is 51.8 Å². The Labute approximate surface area is 137 Å². The number of carbonyl (C=O) groups is 2. The average Bonchev–Trinajstić information content (AvgIpc) is 3.04. The number of piperazine rings is 1. The third-order valence-corrected chi connectivity index (χ3v) is 5.04. The lowest BCUT2D eigenvalue weighted by Gasteiger charge is -2.41. The molecule has 2 aliphatic rings. The van der Waals surface area contributed by atoms with Gasteiger partial charge in [0.05, 0.1) is 0 Å². The van der Waals surface area contributed by atoms with E-state index in [9.17, 15) is 9.59 Å². The van der Waals surface area contributed by atoms with Crippen molar-refractivity contribution in [2.24, 2.45) is 0 Å². The molecule has 0 spiro atoms. The second-order valence-corrected chi connectivity index (χ2v) is 6.62. The Balaban J connectivity index is 1.47. The molecule has 3 heterocycles. The summed E-state index contributed by atoms with van der Waals surface area (Å²) in [5.41, 5.74) is 1.21. The quantitative estimate of drug-likeness (QED) is 0.781. The summed E-state index contributed by atoms with van der Waals surface area (Å²) in [5.74, 6) is 0.256. The van der Waals surface area contributed by atoms with Crippen molar-refractivity contribution in [2.45, 2.75) is 57.5 Å². The first-order valence-corrected chi connectivity index (χ1v) is 8.65. The van der Waals surface area contributed by atoms with Gasteiger partial charge in [0.25, 0.3) is 0 Å². The molecule has 0 radical (unpaired) electrons. The van der Waals surface area contributed by atoms with E-state index in [2.05, 4.69) is 11.1 Å². The van der Waals surface area contributed by atoms with E-state index in [0.29, 0.717) is 13.0 Å². The van der Waals surface area contributed by atoms with Crippen LogP contribution in [0.2, 0.25) is 0 Å². The zero-order valence-corrected chi connectivity index (χ0v) is 13.8. The molecule has 2 fully saturated rings. The van der Waals surface area contributed by atoms with Crippen LogP contribution < -0.4 is 0 Å². The Hall–Kier alpha value is -1.91. The first-order chi connectivity index (χ1) is 11.2. The molecule has 2 aliphatic heterocycles. The van der Waals surface area contributed by atoms with Crippen LogP contribution in [0.1, 0.15) is 44.6 Å². The second-order valence-electron chi connectivity index (χ2n) is 6.62. The number of aromatic nitrogens is 1. The van der Waals surface area contributed by atoms with Gasteiger partial charge in [-0.05, 0) is 50.7 Å². The van der Waals surface area contributed by atoms with Crippen molar-refractivity contribution in [1.29, 1.82) is 0 Å². The van der Waals surface area contributed by atoms with Crippen molar-refractivity contribution in [2.75, 3.05) is 13.1 Å². The maximum atomic E-state index is 12.5. The Morgan fingerprint density at radius 3 is 3.04 bits per heavy atom. The summed E-state index contributed by atoms with van der Waals surface area (Å²) in [4.78, 5) is 32.7. The van der Waals surface area contributed by atoms with E-state index in [1.807, 2.05) is 24.1 Å². The molecule has 2 atom stereocenters. The maximum absolute atomic E-state index is 12.5. The lowest BCUT2D eigenvalue weighted by Crippen LogP contribution is -2.60. The van der Waals surface area contributed by atoms with E-state index in [1.54, 1.807) is 11.1 Å². The summed E-state index contributed by atoms with van der Waals surface area (Å²) in [5, 5.41) is 0. The van der Waals surface area contributed by atoms with Crippen LogP contribution in [0, 0.1) is 0 Å². The minimum atomic E-state index is -0.296. The molecular formula is C18H25N3O2. The number of carbonyl (C=O) groups excluding carboxylic acids is 2. The highest BCUT2D eigenvalue weighted by molar-refractivity contribution is 5.89. The van der Waals surface area contributed by atoms with E-state index >= 15 is 0 Å². The van der Waals surface area contributed by atoms with Crippen molar-refractivity contribution in [3.05, 3.63) is 30.1 Å². The summed E-state index contributed by atoms with van der Waals surface area (Å²) in [6.45, 7) is 3.44. The normalized spacial score (nSPS) is 24.0. The zero-order valence-electron chi connectivity index (χ0n) is 13.8. The van der Waals surface area contributed by atoms with Gasteiger partial charge in [0, 0.05) is 37.9 Å². The predicted molar refractivity (Wildman–Crippen MR) is 87.7 cm³/mol. The van der Waals surface area contributed by atoms with E-state index in [-0.39, 0.29) is 23.9 Å². The van der Waals surface area contributed by atoms with Gasteiger partial charge in [0.1, 0.15) is 6.04 Å². The molecule has 0 unspecified atom stereocenters. The molecule has 5 nitrogen and oxygen atoms in total. The highest BCUT2D eigenvalue weighted by Crippen LogP contribution is 2.26. The van der Waals surface area contributed by atoms with Gasteiger partial charge in [-0.2, -0.15) is 0 Å². The standard InChI is InChI=1S/C18H25N3O2/c1-14-18(23)20-11-5-8-16(20)13-21(14)17(22)9-3-2-6-15-7-4-10-19-12-15/h4,7,10,12,14,16H,2-3,5-6,8-9,11,13H2,1H3/t14-,16-/m1/s1. The van der Waals surface area contributed by atoms with Gasteiger partial charge in [-0.3, -0.25) is 14.6 Å². The number of rotatable bonds is 5. The van der Waals surface area contributed by atoms with Gasteiger partial charge in [-0.1, -0.05) is 6.07 Å². The molecule has 0 N–H and O–H groups in total. The van der Waals surface area contributed by atoms with E-state index in [4.69, 9.17) is 0 Å². The number of amides is 2. The number of aryl methyl sites for hydroxylation is 1. The third kappa shape index (κ3) is 3.54. The molecule has 23 heavy (non-hydrogen) atoms. The number of nitrogens with zero attached hydrogens (tertiary/aromatic N) is 3. The highest BCUT2D eigenvalue weighted by Gasteiger charge is 2.41. The number of unbranched alkanes of at least 4 members (excludes halogenated alkanes) is 1. The van der Waals surface area contributed by atoms with E-state index in [0.717, 1.165) is 38.6 Å². The van der Waals surface area contributed by atoms with Crippen LogP contribution in [0.4, 0.5) is 0 Å². The summed E-state index contributed by atoms with van der Waals surface area (Å²) < 4.78 is 0.